The maximum atomic E-state index is 14.0. The summed E-state index contributed by atoms with van der Waals surface area (Å²) in [6, 6.07) is 0. The minimum atomic E-state index is -1.95. The van der Waals surface area contributed by atoms with E-state index in [0.29, 0.717) is 17.6 Å². The highest BCUT2D eigenvalue weighted by atomic mass is 127. The standard InChI is InChI=1S/C25H43IO2Si/c1-17(2)19-12-13-25-15-18(11-10-14-26)21(27)24(25,7)20(16-23(19,25)6)28-29(8,9)22(3,4)5/h10,14,17-20H,11-13,15-16H2,1-9H3/b14-10-/t18-,19-,20+,23-,24-,25-/m0/s1. The second kappa shape index (κ2) is 7.43. The first kappa shape index (κ1) is 24.0. The first-order chi connectivity index (χ1) is 13.2. The van der Waals surface area contributed by atoms with Crippen molar-refractivity contribution < 1.29 is 9.22 Å². The van der Waals surface area contributed by atoms with Gasteiger partial charge in [0.15, 0.2) is 8.32 Å². The smallest absolute Gasteiger partial charge is 0.192 e. The molecule has 0 aromatic heterocycles. The lowest BCUT2D eigenvalue weighted by Crippen LogP contribution is -2.51. The van der Waals surface area contributed by atoms with E-state index in [1.54, 1.807) is 0 Å². The van der Waals surface area contributed by atoms with Gasteiger partial charge in [0.05, 0.1) is 11.5 Å². The summed E-state index contributed by atoms with van der Waals surface area (Å²) in [4.78, 5) is 14.0. The number of allylic oxidation sites excluding steroid dienone is 1. The van der Waals surface area contributed by atoms with Gasteiger partial charge >= 0.3 is 0 Å². The van der Waals surface area contributed by atoms with Gasteiger partial charge in [-0.1, -0.05) is 70.2 Å². The summed E-state index contributed by atoms with van der Waals surface area (Å²) in [5.41, 5.74) is -0.00504. The van der Waals surface area contributed by atoms with E-state index in [9.17, 15) is 4.79 Å². The summed E-state index contributed by atoms with van der Waals surface area (Å²) in [5.74, 6) is 2.03. The molecule has 2 nitrogen and oxygen atoms in total. The van der Waals surface area contributed by atoms with Crippen LogP contribution in [0.2, 0.25) is 18.1 Å². The van der Waals surface area contributed by atoms with Crippen molar-refractivity contribution in [3.05, 3.63) is 10.2 Å². The van der Waals surface area contributed by atoms with Gasteiger partial charge in [-0.3, -0.25) is 4.79 Å². The van der Waals surface area contributed by atoms with Crippen LogP contribution >= 0.6 is 22.6 Å². The van der Waals surface area contributed by atoms with Crippen LogP contribution in [0.3, 0.4) is 0 Å². The van der Waals surface area contributed by atoms with Crippen LogP contribution in [0.1, 0.15) is 80.6 Å². The summed E-state index contributed by atoms with van der Waals surface area (Å²) in [5, 5.41) is 0.164. The molecule has 0 unspecified atom stereocenters. The van der Waals surface area contributed by atoms with Crippen LogP contribution in [0.5, 0.6) is 0 Å². The molecule has 4 heteroatoms. The molecule has 0 bridgehead atoms. The van der Waals surface area contributed by atoms with Crippen LogP contribution in [0.4, 0.5) is 0 Å². The van der Waals surface area contributed by atoms with Gasteiger partial charge in [-0.15, -0.1) is 0 Å². The zero-order chi connectivity index (χ0) is 22.0. The van der Waals surface area contributed by atoms with Crippen molar-refractivity contribution in [1.29, 1.82) is 0 Å². The number of ketones is 1. The number of rotatable bonds is 5. The minimum absolute atomic E-state index is 0.0797. The van der Waals surface area contributed by atoms with Crippen molar-refractivity contribution in [2.75, 3.05) is 0 Å². The van der Waals surface area contributed by atoms with Gasteiger partial charge in [-0.25, -0.2) is 0 Å². The third kappa shape index (κ3) is 3.20. The lowest BCUT2D eigenvalue weighted by atomic mass is 9.57. The summed E-state index contributed by atoms with van der Waals surface area (Å²) < 4.78 is 9.20. The number of hydrogen-bond acceptors (Lipinski definition) is 2. The Kier molecular flexibility index (Phi) is 6.14. The summed E-state index contributed by atoms with van der Waals surface area (Å²) in [6.45, 7) is 21.3. The first-order valence-electron chi connectivity index (χ1n) is 11.7. The van der Waals surface area contributed by atoms with Crippen molar-refractivity contribution in [2.24, 2.45) is 34.0 Å². The molecule has 29 heavy (non-hydrogen) atoms. The fraction of sp³-hybridized carbons (Fsp3) is 0.880. The minimum Gasteiger partial charge on any atom is -0.413 e. The van der Waals surface area contributed by atoms with Gasteiger partial charge in [0.25, 0.3) is 0 Å². The average molecular weight is 531 g/mol. The third-order valence-corrected chi connectivity index (χ3v) is 15.1. The number of Topliss-reactive ketones (excluding diaryl/α,β-unsaturated/α-hetero) is 1. The van der Waals surface area contributed by atoms with Gasteiger partial charge in [-0.2, -0.15) is 0 Å². The van der Waals surface area contributed by atoms with Crippen molar-refractivity contribution in [3.63, 3.8) is 0 Å². The van der Waals surface area contributed by atoms with Crippen molar-refractivity contribution >= 4 is 36.7 Å². The average Bonchev–Trinajstić information content (AvgIpc) is 3.06. The molecule has 1 spiro atoms. The Bertz CT molecular complexity index is 693. The number of hydrogen-bond donors (Lipinski definition) is 0. The second-order valence-electron chi connectivity index (χ2n) is 12.5. The summed E-state index contributed by atoms with van der Waals surface area (Å²) >= 11 is 2.28. The monoisotopic (exact) mass is 530 g/mol. The van der Waals surface area contributed by atoms with E-state index in [4.69, 9.17) is 4.43 Å². The number of carbonyl (C=O) groups excluding carboxylic acids is 1. The molecule has 3 fully saturated rings. The van der Waals surface area contributed by atoms with Gasteiger partial charge in [-0.05, 0) is 83.9 Å². The molecule has 6 atom stereocenters. The normalized spacial score (nSPS) is 42.9. The maximum absolute atomic E-state index is 14.0. The zero-order valence-electron chi connectivity index (χ0n) is 20.2. The molecular formula is C25H43IO2Si. The highest BCUT2D eigenvalue weighted by Crippen LogP contribution is 2.79. The molecule has 3 aliphatic rings. The predicted octanol–water partition coefficient (Wildman–Crippen LogP) is 7.77. The molecule has 0 aromatic carbocycles. The lowest BCUT2D eigenvalue weighted by molar-refractivity contribution is -0.136. The Morgan fingerprint density at radius 2 is 1.86 bits per heavy atom. The Hall–Kier alpha value is 0.317. The van der Waals surface area contributed by atoms with E-state index in [-0.39, 0.29) is 33.3 Å². The fourth-order valence-corrected chi connectivity index (χ4v) is 9.18. The van der Waals surface area contributed by atoms with Crippen molar-refractivity contribution in [1.82, 2.24) is 0 Å². The highest BCUT2D eigenvalue weighted by Gasteiger charge is 2.78. The Balaban J connectivity index is 2.09. The molecule has 166 valence electrons. The molecule has 0 heterocycles. The van der Waals surface area contributed by atoms with Crippen LogP contribution in [0.15, 0.2) is 10.2 Å². The van der Waals surface area contributed by atoms with E-state index in [0.717, 1.165) is 19.3 Å². The summed E-state index contributed by atoms with van der Waals surface area (Å²) in [7, 11) is -1.95. The van der Waals surface area contributed by atoms with Gasteiger partial charge in [0.2, 0.25) is 0 Å². The van der Waals surface area contributed by atoms with Crippen molar-refractivity contribution in [3.8, 4) is 0 Å². The highest BCUT2D eigenvalue weighted by molar-refractivity contribution is 14.1. The molecule has 0 radical (unpaired) electrons. The predicted molar refractivity (Wildman–Crippen MR) is 134 cm³/mol. The number of halogens is 1. The van der Waals surface area contributed by atoms with Crippen LogP contribution in [-0.4, -0.2) is 20.2 Å². The SMILES string of the molecule is CC(C)[C@@H]1CC[C@@]23C[C@H](C/C=C\I)C(=O)[C@]2(C)[C@H](O[Si](C)(C)C(C)(C)C)C[C@@]13C. The van der Waals surface area contributed by atoms with E-state index in [1.165, 1.54) is 12.8 Å². The van der Waals surface area contributed by atoms with Crippen LogP contribution in [0.25, 0.3) is 0 Å². The largest absolute Gasteiger partial charge is 0.413 e. The number of carbonyl (C=O) groups is 1. The van der Waals surface area contributed by atoms with E-state index < -0.39 is 8.32 Å². The molecule has 0 N–H and O–H groups in total. The molecule has 3 aliphatic carbocycles. The topological polar surface area (TPSA) is 26.3 Å². The molecule has 0 amide bonds. The molecule has 0 saturated heterocycles. The maximum Gasteiger partial charge on any atom is 0.192 e. The van der Waals surface area contributed by atoms with Crippen molar-refractivity contribution in [2.45, 2.75) is 105 Å². The Morgan fingerprint density at radius 3 is 2.38 bits per heavy atom. The lowest BCUT2D eigenvalue weighted by Gasteiger charge is -2.47. The first-order valence-corrected chi connectivity index (χ1v) is 15.8. The second-order valence-corrected chi connectivity index (χ2v) is 18.0. The zero-order valence-corrected chi connectivity index (χ0v) is 23.4. The van der Waals surface area contributed by atoms with Crippen LogP contribution in [-0.2, 0) is 9.22 Å². The summed E-state index contributed by atoms with van der Waals surface area (Å²) in [6.07, 6.45) is 7.79. The van der Waals surface area contributed by atoms with Gasteiger partial charge in [0.1, 0.15) is 5.78 Å². The van der Waals surface area contributed by atoms with Crippen LogP contribution < -0.4 is 0 Å². The third-order valence-electron chi connectivity index (χ3n) is 10.1. The quantitative estimate of drug-likeness (QED) is 0.268. The molecule has 0 aliphatic heterocycles. The molecular weight excluding hydrogens is 487 g/mol. The molecule has 0 aromatic rings. The van der Waals surface area contributed by atoms with E-state index in [2.05, 4.69) is 94.3 Å². The fourth-order valence-electron chi connectivity index (χ4n) is 7.50. The Labute approximate surface area is 194 Å². The van der Waals surface area contributed by atoms with E-state index in [1.807, 2.05) is 0 Å². The Morgan fingerprint density at radius 1 is 1.24 bits per heavy atom. The molecule has 3 saturated carbocycles. The van der Waals surface area contributed by atoms with Gasteiger partial charge in [0, 0.05) is 5.92 Å². The van der Waals surface area contributed by atoms with E-state index >= 15 is 0 Å². The van der Waals surface area contributed by atoms with Gasteiger partial charge < -0.3 is 4.43 Å². The van der Waals surface area contributed by atoms with Crippen LogP contribution in [0, 0.1) is 34.0 Å². The molecule has 3 rings (SSSR count).